The van der Waals surface area contributed by atoms with E-state index in [9.17, 15) is 14.0 Å². The van der Waals surface area contributed by atoms with E-state index in [2.05, 4.69) is 0 Å². The first-order chi connectivity index (χ1) is 9.13. The standard InChI is InChI=1S/C13H13FN2O3/c1-19-8-6-11-12(17)16(13(18)15(11)7-8)10-5-3-2-4-9(10)14/h2-5,8,11H,6-7H2,1H3. The lowest BCUT2D eigenvalue weighted by molar-refractivity contribution is -0.119. The lowest BCUT2D eigenvalue weighted by atomic mass is 10.2. The molecule has 100 valence electrons. The molecule has 5 nitrogen and oxygen atoms in total. The highest BCUT2D eigenvalue weighted by molar-refractivity contribution is 6.21. The highest BCUT2D eigenvalue weighted by Gasteiger charge is 2.51. The maximum atomic E-state index is 13.7. The summed E-state index contributed by atoms with van der Waals surface area (Å²) in [5.41, 5.74) is 0.0147. The van der Waals surface area contributed by atoms with Crippen molar-refractivity contribution < 1.29 is 18.7 Å². The summed E-state index contributed by atoms with van der Waals surface area (Å²) in [4.78, 5) is 26.8. The fourth-order valence-corrected chi connectivity index (χ4v) is 2.64. The minimum atomic E-state index is -0.575. The van der Waals surface area contributed by atoms with E-state index in [1.165, 1.54) is 23.1 Å². The van der Waals surface area contributed by atoms with Crippen LogP contribution in [0.4, 0.5) is 14.9 Å². The molecule has 2 heterocycles. The summed E-state index contributed by atoms with van der Waals surface area (Å²) in [6, 6.07) is 4.78. The smallest absolute Gasteiger partial charge is 0.332 e. The number of urea groups is 1. The number of ether oxygens (including phenoxy) is 1. The van der Waals surface area contributed by atoms with Crippen LogP contribution >= 0.6 is 0 Å². The number of amides is 3. The van der Waals surface area contributed by atoms with Gasteiger partial charge >= 0.3 is 6.03 Å². The fraction of sp³-hybridized carbons (Fsp3) is 0.385. The van der Waals surface area contributed by atoms with Gasteiger partial charge in [0.15, 0.2) is 0 Å². The fourth-order valence-electron chi connectivity index (χ4n) is 2.64. The summed E-state index contributed by atoms with van der Waals surface area (Å²) in [7, 11) is 1.55. The molecular formula is C13H13FN2O3. The number of imide groups is 1. The van der Waals surface area contributed by atoms with Crippen LogP contribution in [0, 0.1) is 5.82 Å². The van der Waals surface area contributed by atoms with Gasteiger partial charge in [-0.15, -0.1) is 0 Å². The molecule has 0 aliphatic carbocycles. The quantitative estimate of drug-likeness (QED) is 0.758. The summed E-state index contributed by atoms with van der Waals surface area (Å²) in [5.74, 6) is -0.955. The molecule has 1 aromatic carbocycles. The monoisotopic (exact) mass is 264 g/mol. The number of fused-ring (bicyclic) bond motifs is 1. The van der Waals surface area contributed by atoms with Crippen LogP contribution in [0.5, 0.6) is 0 Å². The van der Waals surface area contributed by atoms with E-state index in [0.717, 1.165) is 4.90 Å². The van der Waals surface area contributed by atoms with Crippen LogP contribution in [-0.2, 0) is 9.53 Å². The van der Waals surface area contributed by atoms with Crippen LogP contribution in [0.2, 0.25) is 0 Å². The van der Waals surface area contributed by atoms with Gasteiger partial charge in [0.2, 0.25) is 0 Å². The van der Waals surface area contributed by atoms with Crippen LogP contribution in [-0.4, -0.2) is 42.6 Å². The van der Waals surface area contributed by atoms with Crippen molar-refractivity contribution in [2.45, 2.75) is 18.6 Å². The molecule has 19 heavy (non-hydrogen) atoms. The van der Waals surface area contributed by atoms with Crippen molar-refractivity contribution in [2.24, 2.45) is 0 Å². The van der Waals surface area contributed by atoms with Gasteiger partial charge in [-0.1, -0.05) is 12.1 Å². The zero-order valence-electron chi connectivity index (χ0n) is 10.4. The number of hydrogen-bond acceptors (Lipinski definition) is 3. The van der Waals surface area contributed by atoms with Crippen LogP contribution in [0.1, 0.15) is 6.42 Å². The lowest BCUT2D eigenvalue weighted by Gasteiger charge is -2.17. The van der Waals surface area contributed by atoms with Crippen LogP contribution in [0.3, 0.4) is 0 Å². The predicted octanol–water partition coefficient (Wildman–Crippen LogP) is 1.38. The molecule has 2 unspecified atom stereocenters. The summed E-state index contributed by atoms with van der Waals surface area (Å²) in [5, 5.41) is 0. The molecule has 0 spiro atoms. The summed E-state index contributed by atoms with van der Waals surface area (Å²) < 4.78 is 18.9. The summed E-state index contributed by atoms with van der Waals surface area (Å²) >= 11 is 0. The molecule has 0 saturated carbocycles. The van der Waals surface area contributed by atoms with Gasteiger partial charge in [-0.25, -0.2) is 14.1 Å². The predicted molar refractivity (Wildman–Crippen MR) is 65.2 cm³/mol. The van der Waals surface area contributed by atoms with Crippen LogP contribution < -0.4 is 4.90 Å². The second-order valence-corrected chi connectivity index (χ2v) is 4.67. The Hall–Kier alpha value is -1.95. The lowest BCUT2D eigenvalue weighted by Crippen LogP contribution is -2.35. The number of carbonyl (C=O) groups is 2. The highest BCUT2D eigenvalue weighted by atomic mass is 19.1. The first-order valence-corrected chi connectivity index (χ1v) is 6.05. The third kappa shape index (κ3) is 1.71. The Morgan fingerprint density at radius 2 is 2.05 bits per heavy atom. The normalized spacial score (nSPS) is 26.2. The molecule has 1 aromatic rings. The van der Waals surface area contributed by atoms with E-state index in [4.69, 9.17) is 4.74 Å². The van der Waals surface area contributed by atoms with Gasteiger partial charge in [0, 0.05) is 20.1 Å². The molecule has 0 radical (unpaired) electrons. The van der Waals surface area contributed by atoms with Gasteiger partial charge in [-0.2, -0.15) is 0 Å². The van der Waals surface area contributed by atoms with Gasteiger partial charge in [-0.3, -0.25) is 4.79 Å². The zero-order chi connectivity index (χ0) is 13.6. The first kappa shape index (κ1) is 12.1. The number of rotatable bonds is 2. The van der Waals surface area contributed by atoms with Crippen molar-refractivity contribution in [3.63, 3.8) is 0 Å². The second-order valence-electron chi connectivity index (χ2n) is 4.67. The summed E-state index contributed by atoms with van der Waals surface area (Å²) in [6.07, 6.45) is 0.340. The van der Waals surface area contributed by atoms with Gasteiger partial charge in [0.25, 0.3) is 5.91 Å². The number of carbonyl (C=O) groups excluding carboxylic acids is 2. The number of anilines is 1. The number of methoxy groups -OCH3 is 1. The van der Waals surface area contributed by atoms with Gasteiger partial charge in [0.1, 0.15) is 11.9 Å². The van der Waals surface area contributed by atoms with Crippen molar-refractivity contribution >= 4 is 17.6 Å². The maximum Gasteiger partial charge on any atom is 0.332 e. The minimum Gasteiger partial charge on any atom is -0.380 e. The van der Waals surface area contributed by atoms with Crippen LogP contribution in [0.25, 0.3) is 0 Å². The molecule has 0 aromatic heterocycles. The second kappa shape index (κ2) is 4.31. The van der Waals surface area contributed by atoms with E-state index in [1.54, 1.807) is 13.2 Å². The molecule has 0 bridgehead atoms. The van der Waals surface area contributed by atoms with E-state index < -0.39 is 17.9 Å². The summed E-state index contributed by atoms with van der Waals surface area (Å²) in [6.45, 7) is 0.372. The maximum absolute atomic E-state index is 13.7. The molecule has 3 rings (SSSR count). The molecule has 2 fully saturated rings. The molecule has 2 atom stereocenters. The molecule has 3 amide bonds. The molecule has 2 saturated heterocycles. The van der Waals surface area contributed by atoms with E-state index in [1.807, 2.05) is 0 Å². The SMILES string of the molecule is COC1CC2C(=O)N(c3ccccc3F)C(=O)N2C1. The van der Waals surface area contributed by atoms with Gasteiger partial charge in [-0.05, 0) is 12.1 Å². The van der Waals surface area contributed by atoms with Gasteiger partial charge < -0.3 is 9.64 Å². The third-order valence-electron chi connectivity index (χ3n) is 3.63. The number of para-hydroxylation sites is 1. The number of benzene rings is 1. The average molecular weight is 264 g/mol. The van der Waals surface area contributed by atoms with Crippen molar-refractivity contribution in [1.82, 2.24) is 4.90 Å². The Morgan fingerprint density at radius 1 is 1.32 bits per heavy atom. The molecule has 6 heteroatoms. The van der Waals surface area contributed by atoms with Crippen molar-refractivity contribution in [1.29, 1.82) is 0 Å². The molecular weight excluding hydrogens is 251 g/mol. The number of halogens is 1. The Balaban J connectivity index is 1.93. The van der Waals surface area contributed by atoms with E-state index >= 15 is 0 Å². The van der Waals surface area contributed by atoms with Crippen molar-refractivity contribution in [3.8, 4) is 0 Å². The van der Waals surface area contributed by atoms with Crippen molar-refractivity contribution in [3.05, 3.63) is 30.1 Å². The van der Waals surface area contributed by atoms with Crippen LogP contribution in [0.15, 0.2) is 24.3 Å². The average Bonchev–Trinajstić information content (AvgIpc) is 2.92. The highest BCUT2D eigenvalue weighted by Crippen LogP contribution is 2.33. The number of hydrogen-bond donors (Lipinski definition) is 0. The molecule has 2 aliphatic rings. The minimum absolute atomic E-state index is 0.0147. The Bertz CT molecular complexity index is 524. The topological polar surface area (TPSA) is 49.9 Å². The van der Waals surface area contributed by atoms with E-state index in [0.29, 0.717) is 13.0 Å². The number of nitrogens with zero attached hydrogens (tertiary/aromatic N) is 2. The molecule has 0 N–H and O–H groups in total. The molecule has 2 aliphatic heterocycles. The largest absolute Gasteiger partial charge is 0.380 e. The van der Waals surface area contributed by atoms with E-state index in [-0.39, 0.29) is 17.7 Å². The van der Waals surface area contributed by atoms with Crippen molar-refractivity contribution in [2.75, 3.05) is 18.6 Å². The van der Waals surface area contributed by atoms with Gasteiger partial charge in [0.05, 0.1) is 11.8 Å². The Morgan fingerprint density at radius 3 is 2.68 bits per heavy atom. The first-order valence-electron chi connectivity index (χ1n) is 6.05. The Kier molecular flexibility index (Phi) is 2.74. The third-order valence-corrected chi connectivity index (χ3v) is 3.63. The Labute approximate surface area is 109 Å². The zero-order valence-corrected chi connectivity index (χ0v) is 10.4.